The van der Waals surface area contributed by atoms with Gasteiger partial charge in [-0.3, -0.25) is 9.59 Å². The molecule has 0 fully saturated rings. The smallest absolute Gasteiger partial charge is 0.293 e. The van der Waals surface area contributed by atoms with Crippen molar-refractivity contribution in [1.82, 2.24) is 9.55 Å². The fraction of sp³-hybridized carbons (Fsp3) is 0.615. The van der Waals surface area contributed by atoms with Crippen LogP contribution in [0.1, 0.15) is 34.1 Å². The van der Waals surface area contributed by atoms with Crippen molar-refractivity contribution in [2.24, 2.45) is 11.7 Å². The summed E-state index contributed by atoms with van der Waals surface area (Å²) in [7, 11) is 0. The van der Waals surface area contributed by atoms with Gasteiger partial charge < -0.3 is 15.6 Å². The third-order valence-corrected chi connectivity index (χ3v) is 2.55. The number of carbonyl (C=O) groups is 1. The molecule has 19 heavy (non-hydrogen) atoms. The summed E-state index contributed by atoms with van der Waals surface area (Å²) in [6, 6.07) is 0. The molecule has 0 unspecified atom stereocenters. The lowest BCUT2D eigenvalue weighted by Crippen LogP contribution is -2.39. The molecule has 1 heterocycles. The molecule has 0 spiro atoms. The van der Waals surface area contributed by atoms with Gasteiger partial charge in [-0.1, -0.05) is 13.8 Å². The van der Waals surface area contributed by atoms with E-state index < -0.39 is 11.4 Å². The number of rotatable bonds is 6. The molecule has 0 bridgehead atoms. The number of nitrogens with two attached hydrogens (primary N) is 1. The van der Waals surface area contributed by atoms with Crippen LogP contribution in [0, 0.1) is 5.92 Å². The lowest BCUT2D eigenvalue weighted by atomic mass is 10.0. The van der Waals surface area contributed by atoms with E-state index in [4.69, 9.17) is 5.73 Å². The van der Waals surface area contributed by atoms with E-state index in [9.17, 15) is 9.59 Å². The van der Waals surface area contributed by atoms with Crippen LogP contribution in [0.25, 0.3) is 0 Å². The maximum Gasteiger partial charge on any atom is 0.293 e. The maximum atomic E-state index is 12.2. The van der Waals surface area contributed by atoms with Crippen LogP contribution in [-0.2, 0) is 11.3 Å². The quantitative estimate of drug-likeness (QED) is 0.802. The fourth-order valence-electron chi connectivity index (χ4n) is 1.87. The summed E-state index contributed by atoms with van der Waals surface area (Å²) in [4.78, 5) is 27.2. The zero-order valence-electron chi connectivity index (χ0n) is 11.9. The topological polar surface area (TPSA) is 90.0 Å². The first-order chi connectivity index (χ1) is 8.71. The number of anilines is 1. The summed E-state index contributed by atoms with van der Waals surface area (Å²) >= 11 is 0. The molecule has 0 atom stereocenters. The molecule has 0 radical (unpaired) electrons. The van der Waals surface area contributed by atoms with Crippen LogP contribution in [0.3, 0.4) is 0 Å². The number of nitrogens with zero attached hydrogens (tertiary/aromatic N) is 2. The standard InChI is InChI=1S/C13H22N4O2/c1-9(2)8-17-6-5-15-11(12(17)19)16-13(3,4)7-10(14)18/h5-6,9H,7-8H2,1-4H3,(H2,14,18)(H,15,16). The van der Waals surface area contributed by atoms with Gasteiger partial charge in [0.1, 0.15) is 0 Å². The summed E-state index contributed by atoms with van der Waals surface area (Å²) in [5.74, 6) is 0.192. The zero-order chi connectivity index (χ0) is 14.6. The molecule has 0 aliphatic rings. The van der Waals surface area contributed by atoms with Gasteiger partial charge in [0.05, 0.1) is 0 Å². The minimum atomic E-state index is -0.602. The third-order valence-electron chi connectivity index (χ3n) is 2.55. The molecule has 0 aliphatic carbocycles. The van der Waals surface area contributed by atoms with Crippen LogP contribution in [0.15, 0.2) is 17.2 Å². The lowest BCUT2D eigenvalue weighted by Gasteiger charge is -2.25. The average Bonchev–Trinajstić information content (AvgIpc) is 2.21. The van der Waals surface area contributed by atoms with Gasteiger partial charge in [0, 0.05) is 30.9 Å². The van der Waals surface area contributed by atoms with E-state index in [1.807, 2.05) is 13.8 Å². The van der Waals surface area contributed by atoms with Gasteiger partial charge in [0.2, 0.25) is 5.91 Å². The van der Waals surface area contributed by atoms with E-state index in [1.54, 1.807) is 30.8 Å². The summed E-state index contributed by atoms with van der Waals surface area (Å²) in [5.41, 5.74) is 4.39. The van der Waals surface area contributed by atoms with E-state index in [0.29, 0.717) is 12.5 Å². The van der Waals surface area contributed by atoms with E-state index in [0.717, 1.165) is 0 Å². The Kier molecular flexibility index (Phi) is 4.69. The molecule has 6 heteroatoms. The molecule has 1 aromatic heterocycles. The Hall–Kier alpha value is -1.85. The fourth-order valence-corrected chi connectivity index (χ4v) is 1.87. The Morgan fingerprint density at radius 2 is 2.16 bits per heavy atom. The Morgan fingerprint density at radius 1 is 1.53 bits per heavy atom. The number of primary amides is 1. The summed E-state index contributed by atoms with van der Waals surface area (Å²) in [6.07, 6.45) is 3.37. The molecule has 1 aromatic rings. The second-order valence-corrected chi connectivity index (χ2v) is 5.78. The molecule has 106 valence electrons. The first-order valence-electron chi connectivity index (χ1n) is 6.33. The van der Waals surface area contributed by atoms with Gasteiger partial charge >= 0.3 is 0 Å². The third kappa shape index (κ3) is 4.73. The van der Waals surface area contributed by atoms with Crippen molar-refractivity contribution >= 4 is 11.7 Å². The zero-order valence-corrected chi connectivity index (χ0v) is 11.9. The monoisotopic (exact) mass is 266 g/mol. The van der Waals surface area contributed by atoms with Gasteiger partial charge in [0.25, 0.3) is 5.56 Å². The van der Waals surface area contributed by atoms with Crippen LogP contribution in [0.4, 0.5) is 5.82 Å². The maximum absolute atomic E-state index is 12.2. The number of aromatic nitrogens is 2. The molecular formula is C13H22N4O2. The number of hydrogen-bond acceptors (Lipinski definition) is 4. The number of amides is 1. The van der Waals surface area contributed by atoms with Crippen LogP contribution in [-0.4, -0.2) is 21.0 Å². The summed E-state index contributed by atoms with van der Waals surface area (Å²) in [5, 5.41) is 2.99. The minimum Gasteiger partial charge on any atom is -0.370 e. The van der Waals surface area contributed by atoms with Crippen LogP contribution < -0.4 is 16.6 Å². The predicted octanol–water partition coefficient (Wildman–Crippen LogP) is 0.965. The molecule has 1 amide bonds. The van der Waals surface area contributed by atoms with Gasteiger partial charge in [-0.05, 0) is 19.8 Å². The molecule has 0 saturated carbocycles. The Balaban J connectivity index is 2.96. The second-order valence-electron chi connectivity index (χ2n) is 5.78. The van der Waals surface area contributed by atoms with Crippen molar-refractivity contribution in [1.29, 1.82) is 0 Å². The lowest BCUT2D eigenvalue weighted by molar-refractivity contribution is -0.118. The van der Waals surface area contributed by atoms with Gasteiger partial charge in [-0.25, -0.2) is 4.98 Å². The van der Waals surface area contributed by atoms with Crippen molar-refractivity contribution in [3.8, 4) is 0 Å². The minimum absolute atomic E-state index is 0.132. The van der Waals surface area contributed by atoms with E-state index in [1.165, 1.54) is 0 Å². The van der Waals surface area contributed by atoms with E-state index >= 15 is 0 Å². The van der Waals surface area contributed by atoms with Gasteiger partial charge in [0.15, 0.2) is 5.82 Å². The first-order valence-corrected chi connectivity index (χ1v) is 6.33. The molecule has 6 nitrogen and oxygen atoms in total. The molecule has 0 aromatic carbocycles. The number of nitrogens with one attached hydrogen (secondary N) is 1. The average molecular weight is 266 g/mol. The first kappa shape index (κ1) is 15.2. The van der Waals surface area contributed by atoms with Crippen molar-refractivity contribution in [2.75, 3.05) is 5.32 Å². The highest BCUT2D eigenvalue weighted by Crippen LogP contribution is 2.13. The predicted molar refractivity (Wildman–Crippen MR) is 74.8 cm³/mol. The number of carbonyl (C=O) groups excluding carboxylic acids is 1. The van der Waals surface area contributed by atoms with Crippen molar-refractivity contribution in [2.45, 2.75) is 46.2 Å². The Labute approximate surface area is 113 Å². The SMILES string of the molecule is CC(C)Cn1ccnc(NC(C)(C)CC(N)=O)c1=O. The van der Waals surface area contributed by atoms with Crippen LogP contribution in [0.2, 0.25) is 0 Å². The summed E-state index contributed by atoms with van der Waals surface area (Å²) in [6.45, 7) is 8.32. The van der Waals surface area contributed by atoms with E-state index in [-0.39, 0.29) is 17.8 Å². The molecular weight excluding hydrogens is 244 g/mol. The van der Waals surface area contributed by atoms with Crippen molar-refractivity contribution in [3.05, 3.63) is 22.7 Å². The summed E-state index contributed by atoms with van der Waals surface area (Å²) < 4.78 is 1.61. The normalized spacial score (nSPS) is 11.6. The molecule has 0 aliphatic heterocycles. The second kappa shape index (κ2) is 5.86. The largest absolute Gasteiger partial charge is 0.370 e. The van der Waals surface area contributed by atoms with Crippen LogP contribution in [0.5, 0.6) is 0 Å². The van der Waals surface area contributed by atoms with Crippen LogP contribution >= 0.6 is 0 Å². The molecule has 0 saturated heterocycles. The number of hydrogen-bond donors (Lipinski definition) is 2. The highest BCUT2D eigenvalue weighted by molar-refractivity contribution is 5.75. The van der Waals surface area contributed by atoms with Crippen molar-refractivity contribution in [3.63, 3.8) is 0 Å². The van der Waals surface area contributed by atoms with E-state index in [2.05, 4.69) is 10.3 Å². The molecule has 3 N–H and O–H groups in total. The molecule has 1 rings (SSSR count). The van der Waals surface area contributed by atoms with Gasteiger partial charge in [-0.15, -0.1) is 0 Å². The Morgan fingerprint density at radius 3 is 2.68 bits per heavy atom. The Bertz CT molecular complexity index is 506. The highest BCUT2D eigenvalue weighted by atomic mass is 16.1. The highest BCUT2D eigenvalue weighted by Gasteiger charge is 2.22. The van der Waals surface area contributed by atoms with Crippen molar-refractivity contribution < 1.29 is 4.79 Å². The van der Waals surface area contributed by atoms with Gasteiger partial charge in [-0.2, -0.15) is 0 Å².